The number of nitrogens with zero attached hydrogens (tertiary/aromatic N) is 2. The molecule has 1 fully saturated rings. The smallest absolute Gasteiger partial charge is 0.250 e. The molecule has 1 amide bonds. The molecule has 3 atom stereocenters. The van der Waals surface area contributed by atoms with E-state index in [-0.39, 0.29) is 56.4 Å². The number of allylic oxidation sites excluding steroid dienone is 2. The number of hydrogen-bond acceptors (Lipinski definition) is 6. The van der Waals surface area contributed by atoms with Gasteiger partial charge in [-0.3, -0.25) is 9.69 Å². The number of nitrogens with one attached hydrogen (secondary N) is 1. The molecule has 0 radical (unpaired) electrons. The van der Waals surface area contributed by atoms with E-state index in [4.69, 9.17) is 23.1 Å². The summed E-state index contributed by atoms with van der Waals surface area (Å²) in [6.07, 6.45) is 5.38. The lowest BCUT2D eigenvalue weighted by Crippen LogP contribution is -2.45. The van der Waals surface area contributed by atoms with Crippen LogP contribution in [0.4, 0.5) is 8.78 Å². The van der Waals surface area contributed by atoms with Crippen molar-refractivity contribution in [1.82, 2.24) is 15.2 Å². The molecule has 1 saturated heterocycles. The standard InChI is InChI=1S/C20H28ClF2N5OS/c1-12-26-11-18(30-12)17(28-6-4-20(22,23)5-7-28)10-27-19(29)14-8-13(16(25)9-24)2-3-15(14)21/h2-3,11,13,16-17H,4-10,24-25H2,1H3,(H,27,29). The van der Waals surface area contributed by atoms with Crippen molar-refractivity contribution >= 4 is 28.8 Å². The first-order chi connectivity index (χ1) is 14.2. The number of aromatic nitrogens is 1. The van der Waals surface area contributed by atoms with Crippen LogP contribution in [-0.4, -0.2) is 53.9 Å². The van der Waals surface area contributed by atoms with Gasteiger partial charge in [-0.25, -0.2) is 13.8 Å². The molecule has 30 heavy (non-hydrogen) atoms. The first-order valence-electron chi connectivity index (χ1n) is 10.0. The molecule has 1 aliphatic carbocycles. The Morgan fingerprint density at radius 1 is 1.47 bits per heavy atom. The van der Waals surface area contributed by atoms with Crippen molar-refractivity contribution in [3.63, 3.8) is 0 Å². The molecule has 3 rings (SSSR count). The average Bonchev–Trinajstić information content (AvgIpc) is 3.14. The van der Waals surface area contributed by atoms with E-state index in [1.807, 2.05) is 17.9 Å². The molecular weight excluding hydrogens is 432 g/mol. The van der Waals surface area contributed by atoms with Crippen LogP contribution in [0, 0.1) is 12.8 Å². The number of hydrogen-bond donors (Lipinski definition) is 3. The van der Waals surface area contributed by atoms with E-state index >= 15 is 0 Å². The number of halogens is 3. The van der Waals surface area contributed by atoms with Gasteiger partial charge in [0.2, 0.25) is 5.91 Å². The second-order valence-corrected chi connectivity index (χ2v) is 9.53. The van der Waals surface area contributed by atoms with Gasteiger partial charge in [0.05, 0.1) is 11.0 Å². The zero-order valence-corrected chi connectivity index (χ0v) is 18.5. The second-order valence-electron chi connectivity index (χ2n) is 7.85. The summed E-state index contributed by atoms with van der Waals surface area (Å²) in [7, 11) is 0. The Hall–Kier alpha value is -1.39. The molecule has 1 aromatic rings. The predicted molar refractivity (Wildman–Crippen MR) is 116 cm³/mol. The largest absolute Gasteiger partial charge is 0.350 e. The maximum Gasteiger partial charge on any atom is 0.250 e. The van der Waals surface area contributed by atoms with Gasteiger partial charge < -0.3 is 16.8 Å². The number of nitrogens with two attached hydrogens (primary N) is 2. The Labute approximate surface area is 184 Å². The minimum absolute atomic E-state index is 0.0532. The Balaban J connectivity index is 1.69. The highest BCUT2D eigenvalue weighted by atomic mass is 35.5. The van der Waals surface area contributed by atoms with Gasteiger partial charge in [-0.05, 0) is 25.3 Å². The lowest BCUT2D eigenvalue weighted by atomic mass is 9.88. The summed E-state index contributed by atoms with van der Waals surface area (Å²) in [6.45, 7) is 3.03. The van der Waals surface area contributed by atoms with Gasteiger partial charge >= 0.3 is 0 Å². The van der Waals surface area contributed by atoms with E-state index in [9.17, 15) is 13.6 Å². The van der Waals surface area contributed by atoms with Crippen molar-refractivity contribution in [2.24, 2.45) is 17.4 Å². The van der Waals surface area contributed by atoms with Crippen LogP contribution < -0.4 is 16.8 Å². The Morgan fingerprint density at radius 2 is 2.17 bits per heavy atom. The topological polar surface area (TPSA) is 97.3 Å². The Kier molecular flexibility index (Phi) is 7.62. The normalized spacial score (nSPS) is 24.0. The van der Waals surface area contributed by atoms with Crippen molar-refractivity contribution in [1.29, 1.82) is 0 Å². The summed E-state index contributed by atoms with van der Waals surface area (Å²) in [5.74, 6) is -2.95. The molecule has 3 unspecified atom stereocenters. The fourth-order valence-corrected chi connectivity index (χ4v) is 4.94. The van der Waals surface area contributed by atoms with E-state index in [2.05, 4.69) is 10.3 Å². The molecule has 5 N–H and O–H groups in total. The maximum atomic E-state index is 13.6. The van der Waals surface area contributed by atoms with Crippen LogP contribution in [-0.2, 0) is 4.79 Å². The number of thiazole rings is 1. The quantitative estimate of drug-likeness (QED) is 0.582. The van der Waals surface area contributed by atoms with Gasteiger partial charge in [0.1, 0.15) is 0 Å². The molecule has 166 valence electrons. The maximum absolute atomic E-state index is 13.6. The molecule has 2 aliphatic rings. The van der Waals surface area contributed by atoms with Crippen molar-refractivity contribution in [2.45, 2.75) is 44.2 Å². The lowest BCUT2D eigenvalue weighted by molar-refractivity contribution is -0.118. The third-order valence-electron chi connectivity index (χ3n) is 5.71. The third kappa shape index (κ3) is 5.64. The molecule has 10 heteroatoms. The molecule has 1 aliphatic heterocycles. The van der Waals surface area contributed by atoms with E-state index in [1.165, 1.54) is 11.3 Å². The highest BCUT2D eigenvalue weighted by molar-refractivity contribution is 7.11. The van der Waals surface area contributed by atoms with Gasteiger partial charge in [-0.2, -0.15) is 0 Å². The highest BCUT2D eigenvalue weighted by Gasteiger charge is 2.37. The van der Waals surface area contributed by atoms with Gasteiger partial charge in [0, 0.05) is 66.7 Å². The van der Waals surface area contributed by atoms with E-state index in [0.29, 0.717) is 23.6 Å². The van der Waals surface area contributed by atoms with Gasteiger partial charge in [0.15, 0.2) is 0 Å². The molecule has 0 saturated carbocycles. The van der Waals surface area contributed by atoms with Crippen LogP contribution in [0.15, 0.2) is 29.0 Å². The van der Waals surface area contributed by atoms with Crippen LogP contribution in [0.3, 0.4) is 0 Å². The molecule has 0 bridgehead atoms. The van der Waals surface area contributed by atoms with Crippen molar-refractivity contribution in [3.8, 4) is 0 Å². The summed E-state index contributed by atoms with van der Waals surface area (Å²) >= 11 is 7.78. The molecule has 0 spiro atoms. The van der Waals surface area contributed by atoms with Crippen molar-refractivity contribution in [2.75, 3.05) is 26.2 Å². The monoisotopic (exact) mass is 459 g/mol. The average molecular weight is 460 g/mol. The summed E-state index contributed by atoms with van der Waals surface area (Å²) in [5, 5.41) is 4.23. The summed E-state index contributed by atoms with van der Waals surface area (Å²) in [6, 6.07) is -0.464. The number of carbonyl (C=O) groups excluding carboxylic acids is 1. The summed E-state index contributed by atoms with van der Waals surface area (Å²) in [4.78, 5) is 20.1. The lowest BCUT2D eigenvalue weighted by Gasteiger charge is -2.37. The first-order valence-corrected chi connectivity index (χ1v) is 11.2. The second kappa shape index (κ2) is 9.82. The minimum Gasteiger partial charge on any atom is -0.350 e. The minimum atomic E-state index is -2.63. The molecule has 6 nitrogen and oxygen atoms in total. The van der Waals surface area contributed by atoms with Crippen LogP contribution in [0.5, 0.6) is 0 Å². The van der Waals surface area contributed by atoms with Crippen LogP contribution in [0.1, 0.15) is 35.2 Å². The van der Waals surface area contributed by atoms with Crippen molar-refractivity contribution in [3.05, 3.63) is 38.8 Å². The zero-order valence-electron chi connectivity index (χ0n) is 16.9. The van der Waals surface area contributed by atoms with E-state index < -0.39 is 5.92 Å². The zero-order chi connectivity index (χ0) is 21.9. The SMILES string of the molecule is Cc1ncc(C(CNC(=O)C2=C(Cl)C=CC(C(N)CN)C2)N2CCC(F)(F)CC2)s1. The molecular formula is C20H28ClF2N5OS. The van der Waals surface area contributed by atoms with E-state index in [1.54, 1.807) is 12.3 Å². The van der Waals surface area contributed by atoms with Crippen LogP contribution in [0.25, 0.3) is 0 Å². The fourth-order valence-electron chi connectivity index (χ4n) is 3.78. The van der Waals surface area contributed by atoms with Crippen LogP contribution in [0.2, 0.25) is 0 Å². The summed E-state index contributed by atoms with van der Waals surface area (Å²) < 4.78 is 27.3. The predicted octanol–water partition coefficient (Wildman–Crippen LogP) is 2.69. The number of rotatable bonds is 7. The van der Waals surface area contributed by atoms with Crippen molar-refractivity contribution < 1.29 is 13.6 Å². The van der Waals surface area contributed by atoms with E-state index in [0.717, 1.165) is 9.88 Å². The first kappa shape index (κ1) is 23.3. The van der Waals surface area contributed by atoms with Gasteiger partial charge in [-0.15, -0.1) is 11.3 Å². The number of piperidine rings is 1. The van der Waals surface area contributed by atoms with Gasteiger partial charge in [0.25, 0.3) is 5.92 Å². The Morgan fingerprint density at radius 3 is 2.77 bits per heavy atom. The number of amides is 1. The third-order valence-corrected chi connectivity index (χ3v) is 7.08. The van der Waals surface area contributed by atoms with Gasteiger partial charge in [-0.1, -0.05) is 17.7 Å². The van der Waals surface area contributed by atoms with Crippen LogP contribution >= 0.6 is 22.9 Å². The summed E-state index contributed by atoms with van der Waals surface area (Å²) in [5.41, 5.74) is 12.2. The number of carbonyl (C=O) groups is 1. The molecule has 1 aromatic heterocycles. The Bertz CT molecular complexity index is 818. The molecule has 0 aromatic carbocycles. The highest BCUT2D eigenvalue weighted by Crippen LogP contribution is 2.34. The number of alkyl halides is 2. The fraction of sp³-hybridized carbons (Fsp3) is 0.600. The molecule has 2 heterocycles. The number of likely N-dealkylation sites (tertiary alicyclic amines) is 1. The number of aryl methyl sites for hydroxylation is 1.